The Morgan fingerprint density at radius 3 is 3.10 bits per heavy atom. The molecule has 1 aromatic heterocycles. The average Bonchev–Trinajstić information content (AvgIpc) is 3.06. The summed E-state index contributed by atoms with van der Waals surface area (Å²) in [7, 11) is 1.68. The zero-order valence-electron chi connectivity index (χ0n) is 12.3. The first-order chi connectivity index (χ1) is 10.3. The van der Waals surface area contributed by atoms with Crippen LogP contribution >= 0.6 is 11.3 Å². The quantitative estimate of drug-likeness (QED) is 0.914. The maximum absolute atomic E-state index is 6.16. The number of nitrogens with zero attached hydrogens (tertiary/aromatic N) is 1. The van der Waals surface area contributed by atoms with E-state index >= 15 is 0 Å². The van der Waals surface area contributed by atoms with Crippen molar-refractivity contribution in [1.82, 2.24) is 10.3 Å². The highest BCUT2D eigenvalue weighted by atomic mass is 32.1. The Morgan fingerprint density at radius 2 is 2.38 bits per heavy atom. The first-order valence-corrected chi connectivity index (χ1v) is 8.17. The van der Waals surface area contributed by atoms with Crippen molar-refractivity contribution in [2.24, 2.45) is 0 Å². The van der Waals surface area contributed by atoms with E-state index in [1.165, 1.54) is 5.56 Å². The molecule has 0 saturated carbocycles. The third-order valence-electron chi connectivity index (χ3n) is 3.68. The monoisotopic (exact) mass is 304 g/mol. The summed E-state index contributed by atoms with van der Waals surface area (Å²) in [6, 6.07) is 6.36. The van der Waals surface area contributed by atoms with Crippen molar-refractivity contribution in [2.45, 2.75) is 31.9 Å². The molecule has 2 aromatic rings. The van der Waals surface area contributed by atoms with Gasteiger partial charge < -0.3 is 14.8 Å². The second-order valence-electron chi connectivity index (χ2n) is 5.12. The molecule has 0 fully saturated rings. The lowest BCUT2D eigenvalue weighted by atomic mass is 9.96. The van der Waals surface area contributed by atoms with Crippen molar-refractivity contribution < 1.29 is 9.47 Å². The smallest absolute Gasteiger partial charge is 0.152 e. The van der Waals surface area contributed by atoms with Crippen molar-refractivity contribution in [3.8, 4) is 11.5 Å². The second-order valence-corrected chi connectivity index (χ2v) is 6.05. The Balaban J connectivity index is 1.91. The summed E-state index contributed by atoms with van der Waals surface area (Å²) < 4.78 is 11.5. The largest absolute Gasteiger partial charge is 0.497 e. The molecule has 21 heavy (non-hydrogen) atoms. The minimum Gasteiger partial charge on any atom is -0.497 e. The van der Waals surface area contributed by atoms with Gasteiger partial charge in [-0.2, -0.15) is 0 Å². The molecule has 2 atom stereocenters. The molecule has 0 amide bonds. The highest BCUT2D eigenvalue weighted by Gasteiger charge is 2.30. The second kappa shape index (κ2) is 6.45. The van der Waals surface area contributed by atoms with Crippen LogP contribution in [0, 0.1) is 0 Å². The summed E-state index contributed by atoms with van der Waals surface area (Å²) in [5.41, 5.74) is 1.21. The highest BCUT2D eigenvalue weighted by molar-refractivity contribution is 7.09. The van der Waals surface area contributed by atoms with Gasteiger partial charge in [0.2, 0.25) is 0 Å². The summed E-state index contributed by atoms with van der Waals surface area (Å²) in [5, 5.41) is 6.64. The lowest BCUT2D eigenvalue weighted by Gasteiger charge is -2.32. The van der Waals surface area contributed by atoms with Crippen molar-refractivity contribution in [3.05, 3.63) is 40.3 Å². The molecule has 0 radical (unpaired) electrons. The van der Waals surface area contributed by atoms with Crippen LogP contribution in [0.25, 0.3) is 0 Å². The third kappa shape index (κ3) is 3.04. The van der Waals surface area contributed by atoms with Gasteiger partial charge in [0.05, 0.1) is 7.11 Å². The van der Waals surface area contributed by atoms with Gasteiger partial charge in [0.15, 0.2) is 6.10 Å². The number of hydrogen-bond acceptors (Lipinski definition) is 5. The minimum atomic E-state index is 0.0129. The van der Waals surface area contributed by atoms with E-state index in [1.54, 1.807) is 18.4 Å². The number of nitrogens with one attached hydrogen (secondary N) is 1. The summed E-state index contributed by atoms with van der Waals surface area (Å²) in [6.45, 7) is 3.18. The van der Waals surface area contributed by atoms with Gasteiger partial charge in [0.25, 0.3) is 0 Å². The van der Waals surface area contributed by atoms with E-state index in [1.807, 2.05) is 23.7 Å². The number of benzene rings is 1. The predicted octanol–water partition coefficient (Wildman–Crippen LogP) is 3.72. The predicted molar refractivity (Wildman–Crippen MR) is 84.1 cm³/mol. The molecule has 0 saturated heterocycles. The van der Waals surface area contributed by atoms with Crippen LogP contribution in [0.15, 0.2) is 29.8 Å². The fourth-order valence-corrected chi connectivity index (χ4v) is 3.31. The van der Waals surface area contributed by atoms with Gasteiger partial charge >= 0.3 is 0 Å². The topological polar surface area (TPSA) is 43.4 Å². The van der Waals surface area contributed by atoms with Gasteiger partial charge in [0, 0.05) is 35.7 Å². The molecule has 1 N–H and O–H groups in total. The number of thiazole rings is 1. The van der Waals surface area contributed by atoms with Crippen LogP contribution in [-0.4, -0.2) is 18.6 Å². The van der Waals surface area contributed by atoms with E-state index in [0.29, 0.717) is 6.04 Å². The average molecular weight is 304 g/mol. The number of aromatic nitrogens is 1. The summed E-state index contributed by atoms with van der Waals surface area (Å²) in [4.78, 5) is 4.40. The lowest BCUT2D eigenvalue weighted by molar-refractivity contribution is 0.150. The standard InChI is InChI=1S/C16H20N2O2S/c1-3-6-17-13-10-15(16-18-7-8-21-16)20-14-9-11(19-2)4-5-12(13)14/h4-5,7-9,13,15,17H,3,6,10H2,1-2H3. The fraction of sp³-hybridized carbons (Fsp3) is 0.438. The maximum Gasteiger partial charge on any atom is 0.152 e. The molecule has 2 heterocycles. The Bertz CT molecular complexity index is 586. The Labute approximate surface area is 129 Å². The zero-order chi connectivity index (χ0) is 14.7. The Kier molecular flexibility index (Phi) is 4.41. The van der Waals surface area contributed by atoms with Gasteiger partial charge in [-0.25, -0.2) is 4.98 Å². The molecule has 0 aliphatic carbocycles. The number of rotatable bonds is 5. The first kappa shape index (κ1) is 14.4. The molecule has 0 spiro atoms. The van der Waals surface area contributed by atoms with Crippen LogP contribution in [0.3, 0.4) is 0 Å². The highest BCUT2D eigenvalue weighted by Crippen LogP contribution is 2.42. The molecule has 5 heteroatoms. The number of ether oxygens (including phenoxy) is 2. The molecule has 1 aromatic carbocycles. The van der Waals surface area contributed by atoms with E-state index in [0.717, 1.165) is 35.9 Å². The van der Waals surface area contributed by atoms with Gasteiger partial charge in [-0.05, 0) is 19.0 Å². The normalized spacial score (nSPS) is 20.7. The van der Waals surface area contributed by atoms with Crippen molar-refractivity contribution in [1.29, 1.82) is 0 Å². The molecule has 1 aliphatic heterocycles. The van der Waals surface area contributed by atoms with E-state index in [9.17, 15) is 0 Å². The van der Waals surface area contributed by atoms with Crippen LogP contribution < -0.4 is 14.8 Å². The molecular weight excluding hydrogens is 284 g/mol. The summed E-state index contributed by atoms with van der Waals surface area (Å²) >= 11 is 1.64. The molecule has 1 aliphatic rings. The zero-order valence-corrected chi connectivity index (χ0v) is 13.2. The fourth-order valence-electron chi connectivity index (χ4n) is 2.63. The Hall–Kier alpha value is -1.59. The molecule has 0 bridgehead atoms. The molecule has 2 unspecified atom stereocenters. The van der Waals surface area contributed by atoms with Crippen LogP contribution in [0.1, 0.15) is 42.5 Å². The number of fused-ring (bicyclic) bond motifs is 1. The van der Waals surface area contributed by atoms with Crippen LogP contribution in [-0.2, 0) is 0 Å². The van der Waals surface area contributed by atoms with E-state index in [2.05, 4.69) is 23.3 Å². The lowest BCUT2D eigenvalue weighted by Crippen LogP contribution is -2.29. The van der Waals surface area contributed by atoms with E-state index < -0.39 is 0 Å². The van der Waals surface area contributed by atoms with Gasteiger partial charge in [-0.15, -0.1) is 11.3 Å². The van der Waals surface area contributed by atoms with E-state index in [-0.39, 0.29) is 6.10 Å². The van der Waals surface area contributed by atoms with Gasteiger partial charge in [0.1, 0.15) is 16.5 Å². The maximum atomic E-state index is 6.16. The number of hydrogen-bond donors (Lipinski definition) is 1. The molecule has 4 nitrogen and oxygen atoms in total. The van der Waals surface area contributed by atoms with Crippen LogP contribution in [0.5, 0.6) is 11.5 Å². The van der Waals surface area contributed by atoms with Crippen molar-refractivity contribution in [3.63, 3.8) is 0 Å². The number of methoxy groups -OCH3 is 1. The minimum absolute atomic E-state index is 0.0129. The van der Waals surface area contributed by atoms with Gasteiger partial charge in [-0.1, -0.05) is 13.0 Å². The van der Waals surface area contributed by atoms with Crippen molar-refractivity contribution in [2.75, 3.05) is 13.7 Å². The van der Waals surface area contributed by atoms with Crippen molar-refractivity contribution >= 4 is 11.3 Å². The van der Waals surface area contributed by atoms with Crippen LogP contribution in [0.2, 0.25) is 0 Å². The van der Waals surface area contributed by atoms with Gasteiger partial charge in [-0.3, -0.25) is 0 Å². The first-order valence-electron chi connectivity index (χ1n) is 7.29. The molecular formula is C16H20N2O2S. The van der Waals surface area contributed by atoms with E-state index in [4.69, 9.17) is 9.47 Å². The summed E-state index contributed by atoms with van der Waals surface area (Å²) in [6.07, 6.45) is 3.87. The molecule has 3 rings (SSSR count). The molecule has 112 valence electrons. The summed E-state index contributed by atoms with van der Waals surface area (Å²) in [5.74, 6) is 1.72. The Morgan fingerprint density at radius 1 is 1.48 bits per heavy atom. The third-order valence-corrected chi connectivity index (χ3v) is 4.55. The SMILES string of the molecule is CCCNC1CC(c2nccs2)Oc2cc(OC)ccc21. The van der Waals surface area contributed by atoms with Crippen LogP contribution in [0.4, 0.5) is 0 Å².